The van der Waals surface area contributed by atoms with E-state index in [1.54, 1.807) is 13.2 Å². The Hall–Kier alpha value is -1.25. The zero-order valence-electron chi connectivity index (χ0n) is 7.67. The maximum Gasteiger partial charge on any atom is 0.217 e. The fraction of sp³-hybridized carbons (Fsp3) is 0.500. The van der Waals surface area contributed by atoms with Crippen molar-refractivity contribution in [2.75, 3.05) is 0 Å². The van der Waals surface area contributed by atoms with Gasteiger partial charge in [0.1, 0.15) is 5.76 Å². The topological polar surface area (TPSA) is 42.2 Å². The van der Waals surface area contributed by atoms with Crippen molar-refractivity contribution in [3.05, 3.63) is 23.7 Å². The Morgan fingerprint density at radius 3 is 3.31 bits per heavy atom. The molecule has 1 aliphatic carbocycles. The van der Waals surface area contributed by atoms with E-state index in [1.807, 2.05) is 6.07 Å². The van der Waals surface area contributed by atoms with Crippen LogP contribution in [0, 0.1) is 0 Å². The van der Waals surface area contributed by atoms with Crippen molar-refractivity contribution in [1.82, 2.24) is 5.32 Å². The predicted octanol–water partition coefficient (Wildman–Crippen LogP) is 1.79. The Balaban J connectivity index is 2.20. The molecular weight excluding hydrogens is 166 g/mol. The Bertz CT molecular complexity index is 316. The summed E-state index contributed by atoms with van der Waals surface area (Å²) in [5.74, 6) is 1.06. The van der Waals surface area contributed by atoms with Gasteiger partial charge in [-0.05, 0) is 18.9 Å². The molecule has 1 aromatic rings. The van der Waals surface area contributed by atoms with E-state index < -0.39 is 0 Å². The highest BCUT2D eigenvalue weighted by atomic mass is 16.3. The zero-order chi connectivity index (χ0) is 9.26. The second-order valence-corrected chi connectivity index (χ2v) is 3.44. The first kappa shape index (κ1) is 8.35. The van der Waals surface area contributed by atoms with E-state index in [0.717, 1.165) is 30.6 Å². The van der Waals surface area contributed by atoms with Gasteiger partial charge in [-0.15, -0.1) is 0 Å². The van der Waals surface area contributed by atoms with Crippen molar-refractivity contribution in [3.63, 3.8) is 0 Å². The molecule has 3 heteroatoms. The van der Waals surface area contributed by atoms with Crippen LogP contribution in [0.3, 0.4) is 0 Å². The lowest BCUT2D eigenvalue weighted by molar-refractivity contribution is -0.119. The molecule has 0 aliphatic heterocycles. The van der Waals surface area contributed by atoms with Gasteiger partial charge in [0.25, 0.3) is 0 Å². The normalized spacial score (nSPS) is 20.8. The average Bonchev–Trinajstić information content (AvgIpc) is 2.51. The number of hydrogen-bond donors (Lipinski definition) is 1. The summed E-state index contributed by atoms with van der Waals surface area (Å²) < 4.78 is 5.32. The summed E-state index contributed by atoms with van der Waals surface area (Å²) in [5, 5.41) is 2.93. The van der Waals surface area contributed by atoms with E-state index in [0.29, 0.717) is 0 Å². The fourth-order valence-corrected chi connectivity index (χ4v) is 1.88. The molecule has 1 aromatic heterocycles. The Kier molecular flexibility index (Phi) is 2.08. The lowest BCUT2D eigenvalue weighted by Crippen LogP contribution is -2.28. The molecule has 0 saturated heterocycles. The number of carbonyl (C=O) groups excluding carboxylic acids is 1. The Morgan fingerprint density at radius 2 is 2.54 bits per heavy atom. The SMILES string of the molecule is CC(=O)NC1CCCc2occc21. The van der Waals surface area contributed by atoms with Gasteiger partial charge in [0.15, 0.2) is 0 Å². The maximum absolute atomic E-state index is 10.9. The molecule has 1 atom stereocenters. The van der Waals surface area contributed by atoms with Crippen LogP contribution in [-0.4, -0.2) is 5.91 Å². The van der Waals surface area contributed by atoms with Crippen LogP contribution in [0.5, 0.6) is 0 Å². The smallest absolute Gasteiger partial charge is 0.217 e. The largest absolute Gasteiger partial charge is 0.469 e. The van der Waals surface area contributed by atoms with Crippen molar-refractivity contribution in [2.45, 2.75) is 32.2 Å². The molecule has 0 fully saturated rings. The highest BCUT2D eigenvalue weighted by molar-refractivity contribution is 5.73. The van der Waals surface area contributed by atoms with Crippen molar-refractivity contribution in [3.8, 4) is 0 Å². The zero-order valence-corrected chi connectivity index (χ0v) is 7.67. The third kappa shape index (κ3) is 1.59. The number of rotatable bonds is 1. The van der Waals surface area contributed by atoms with Crippen LogP contribution < -0.4 is 5.32 Å². The summed E-state index contributed by atoms with van der Waals surface area (Å²) in [7, 11) is 0. The number of aryl methyl sites for hydroxylation is 1. The summed E-state index contributed by atoms with van der Waals surface area (Å²) in [6.45, 7) is 1.55. The number of furan rings is 1. The maximum atomic E-state index is 10.9. The van der Waals surface area contributed by atoms with E-state index in [2.05, 4.69) is 5.32 Å². The summed E-state index contributed by atoms with van der Waals surface area (Å²) in [4.78, 5) is 10.9. The van der Waals surface area contributed by atoms with Crippen molar-refractivity contribution in [1.29, 1.82) is 0 Å². The number of amides is 1. The number of hydrogen-bond acceptors (Lipinski definition) is 2. The molecule has 0 spiro atoms. The number of carbonyl (C=O) groups is 1. The first-order valence-electron chi connectivity index (χ1n) is 4.61. The molecule has 13 heavy (non-hydrogen) atoms. The molecule has 1 N–H and O–H groups in total. The third-order valence-electron chi connectivity index (χ3n) is 2.43. The minimum atomic E-state index is 0.0269. The predicted molar refractivity (Wildman–Crippen MR) is 48.2 cm³/mol. The molecule has 0 aromatic carbocycles. The molecular formula is C10H13NO2. The second kappa shape index (κ2) is 3.24. The summed E-state index contributed by atoms with van der Waals surface area (Å²) in [6.07, 6.45) is 4.81. The van der Waals surface area contributed by atoms with Crippen LogP contribution in [-0.2, 0) is 11.2 Å². The number of fused-ring (bicyclic) bond motifs is 1. The second-order valence-electron chi connectivity index (χ2n) is 3.44. The van der Waals surface area contributed by atoms with Crippen LogP contribution in [0.2, 0.25) is 0 Å². The molecule has 0 saturated carbocycles. The van der Waals surface area contributed by atoms with Crippen LogP contribution in [0.1, 0.15) is 37.1 Å². The van der Waals surface area contributed by atoms with Gasteiger partial charge < -0.3 is 9.73 Å². The van der Waals surface area contributed by atoms with Gasteiger partial charge >= 0.3 is 0 Å². The number of nitrogens with one attached hydrogen (secondary N) is 1. The summed E-state index contributed by atoms with van der Waals surface area (Å²) in [6, 6.07) is 2.12. The molecule has 1 amide bonds. The van der Waals surface area contributed by atoms with Gasteiger partial charge in [-0.3, -0.25) is 4.79 Å². The molecule has 1 heterocycles. The van der Waals surface area contributed by atoms with Gasteiger partial charge in [-0.2, -0.15) is 0 Å². The van der Waals surface area contributed by atoms with E-state index in [4.69, 9.17) is 4.42 Å². The molecule has 0 radical (unpaired) electrons. The molecule has 3 nitrogen and oxygen atoms in total. The van der Waals surface area contributed by atoms with E-state index in [9.17, 15) is 4.79 Å². The lowest BCUT2D eigenvalue weighted by Gasteiger charge is -2.21. The highest BCUT2D eigenvalue weighted by Crippen LogP contribution is 2.30. The van der Waals surface area contributed by atoms with Gasteiger partial charge in [-0.1, -0.05) is 0 Å². The van der Waals surface area contributed by atoms with Crippen LogP contribution in [0.25, 0.3) is 0 Å². The first-order valence-corrected chi connectivity index (χ1v) is 4.61. The van der Waals surface area contributed by atoms with Crippen molar-refractivity contribution >= 4 is 5.91 Å². The Morgan fingerprint density at radius 1 is 1.69 bits per heavy atom. The van der Waals surface area contributed by atoms with E-state index in [-0.39, 0.29) is 11.9 Å². The standard InChI is InChI=1S/C10H13NO2/c1-7(12)11-9-3-2-4-10-8(9)5-6-13-10/h5-6,9H,2-4H2,1H3,(H,11,12). The molecule has 1 unspecified atom stereocenters. The monoisotopic (exact) mass is 179 g/mol. The van der Waals surface area contributed by atoms with Gasteiger partial charge in [-0.25, -0.2) is 0 Å². The summed E-state index contributed by atoms with van der Waals surface area (Å²) in [5.41, 5.74) is 1.15. The van der Waals surface area contributed by atoms with Crippen LogP contribution in [0.4, 0.5) is 0 Å². The minimum Gasteiger partial charge on any atom is -0.469 e. The van der Waals surface area contributed by atoms with Gasteiger partial charge in [0.05, 0.1) is 12.3 Å². The van der Waals surface area contributed by atoms with E-state index in [1.165, 1.54) is 0 Å². The van der Waals surface area contributed by atoms with Crippen molar-refractivity contribution < 1.29 is 9.21 Å². The molecule has 2 rings (SSSR count). The Labute approximate surface area is 77.1 Å². The summed E-state index contributed by atoms with van der Waals surface area (Å²) >= 11 is 0. The van der Waals surface area contributed by atoms with Crippen molar-refractivity contribution in [2.24, 2.45) is 0 Å². The molecule has 0 bridgehead atoms. The highest BCUT2D eigenvalue weighted by Gasteiger charge is 2.22. The molecule has 70 valence electrons. The lowest BCUT2D eigenvalue weighted by atomic mass is 9.93. The first-order chi connectivity index (χ1) is 6.27. The third-order valence-corrected chi connectivity index (χ3v) is 2.43. The van der Waals surface area contributed by atoms with Gasteiger partial charge in [0, 0.05) is 18.9 Å². The average molecular weight is 179 g/mol. The quantitative estimate of drug-likeness (QED) is 0.714. The minimum absolute atomic E-state index is 0.0269. The van der Waals surface area contributed by atoms with Gasteiger partial charge in [0.2, 0.25) is 5.91 Å². The van der Waals surface area contributed by atoms with Crippen LogP contribution >= 0.6 is 0 Å². The molecule has 1 aliphatic rings. The van der Waals surface area contributed by atoms with E-state index >= 15 is 0 Å². The fourth-order valence-electron chi connectivity index (χ4n) is 1.88. The van der Waals surface area contributed by atoms with Crippen LogP contribution in [0.15, 0.2) is 16.7 Å².